The third-order valence-corrected chi connectivity index (χ3v) is 5.14. The van der Waals surface area contributed by atoms with Crippen molar-refractivity contribution >= 4 is 44.8 Å². The van der Waals surface area contributed by atoms with Crippen LogP contribution in [0.2, 0.25) is 5.02 Å². The van der Waals surface area contributed by atoms with Gasteiger partial charge in [-0.3, -0.25) is 4.79 Å². The maximum absolute atomic E-state index is 14.2. The number of nitrogens with two attached hydrogens (primary N) is 1. The average molecular weight is 439 g/mol. The number of fused-ring (bicyclic) bond motifs is 1. The molecular formula is C21H24ClFN2O3S. The molecule has 3 rings (SSSR count). The highest BCUT2D eigenvalue weighted by molar-refractivity contribution is 7.18. The summed E-state index contributed by atoms with van der Waals surface area (Å²) in [5.41, 5.74) is 7.17. The maximum Gasteiger partial charge on any atom is 0.307 e. The molecule has 0 atom stereocenters. The van der Waals surface area contributed by atoms with Gasteiger partial charge in [0, 0.05) is 21.5 Å². The summed E-state index contributed by atoms with van der Waals surface area (Å²) in [5, 5.41) is 18.4. The predicted molar refractivity (Wildman–Crippen MR) is 117 cm³/mol. The van der Waals surface area contributed by atoms with Gasteiger partial charge in [0.25, 0.3) is 0 Å². The van der Waals surface area contributed by atoms with Crippen LogP contribution in [0, 0.1) is 19.7 Å². The van der Waals surface area contributed by atoms with Gasteiger partial charge >= 0.3 is 5.97 Å². The Bertz CT molecular complexity index is 1070. The number of pyridine rings is 1. The lowest BCUT2D eigenvalue weighted by molar-refractivity contribution is -0.136. The number of carbonyl (C=O) groups is 1. The first-order chi connectivity index (χ1) is 13.3. The van der Waals surface area contributed by atoms with E-state index < -0.39 is 17.4 Å². The number of aliphatic carboxylic acids is 1. The Morgan fingerprint density at radius 3 is 2.45 bits per heavy atom. The van der Waals surface area contributed by atoms with Crippen LogP contribution < -0.4 is 5.73 Å². The standard InChI is InChI=1S/C17H14ClFN2O2S.C4H10O/c1-7-5-11-14(9-3-4-12(20)16(19)15(9)18)10(6-13(22)23)8(2)21-17(11)24-7;1-4(2,3)5/h3-5H,6,20H2,1-2H3,(H,22,23);5H,1-3H3. The summed E-state index contributed by atoms with van der Waals surface area (Å²) < 4.78 is 14.2. The molecule has 29 heavy (non-hydrogen) atoms. The lowest BCUT2D eigenvalue weighted by Crippen LogP contribution is -2.10. The average Bonchev–Trinajstić information content (AvgIpc) is 2.92. The fraction of sp³-hybridized carbons (Fsp3) is 0.333. The van der Waals surface area contributed by atoms with E-state index >= 15 is 0 Å². The normalized spacial score (nSPS) is 11.3. The van der Waals surface area contributed by atoms with Crippen LogP contribution in [0.3, 0.4) is 0 Å². The second-order valence-corrected chi connectivity index (χ2v) is 9.31. The summed E-state index contributed by atoms with van der Waals surface area (Å²) in [5.74, 6) is -1.69. The van der Waals surface area contributed by atoms with E-state index in [4.69, 9.17) is 22.4 Å². The number of carboxylic acid groups (broad SMARTS) is 1. The number of halogens is 2. The third-order valence-electron chi connectivity index (χ3n) is 3.82. The van der Waals surface area contributed by atoms with Crippen LogP contribution in [0.15, 0.2) is 18.2 Å². The number of thiophene rings is 1. The minimum absolute atomic E-state index is 0.0490. The summed E-state index contributed by atoms with van der Waals surface area (Å²) in [6.07, 6.45) is -0.221. The van der Waals surface area contributed by atoms with Crippen molar-refractivity contribution in [2.75, 3.05) is 5.73 Å². The van der Waals surface area contributed by atoms with Gasteiger partial charge in [0.15, 0.2) is 5.82 Å². The smallest absolute Gasteiger partial charge is 0.307 e. The van der Waals surface area contributed by atoms with E-state index in [1.165, 1.54) is 17.4 Å². The fourth-order valence-electron chi connectivity index (χ4n) is 2.76. The number of aliphatic hydroxyl groups is 1. The van der Waals surface area contributed by atoms with E-state index in [2.05, 4.69) is 4.98 Å². The maximum atomic E-state index is 14.2. The van der Waals surface area contributed by atoms with E-state index in [0.717, 1.165) is 15.1 Å². The molecule has 0 radical (unpaired) electrons. The van der Waals surface area contributed by atoms with Crippen LogP contribution in [0.25, 0.3) is 21.3 Å². The highest BCUT2D eigenvalue weighted by Gasteiger charge is 2.22. The van der Waals surface area contributed by atoms with E-state index in [-0.39, 0.29) is 17.1 Å². The van der Waals surface area contributed by atoms with Gasteiger partial charge in [-0.15, -0.1) is 11.3 Å². The number of aromatic nitrogens is 1. The number of nitrogen functional groups attached to an aromatic ring is 1. The molecule has 0 bridgehead atoms. The monoisotopic (exact) mass is 438 g/mol. The number of benzene rings is 1. The highest BCUT2D eigenvalue weighted by atomic mass is 35.5. The van der Waals surface area contributed by atoms with Gasteiger partial charge in [0.2, 0.25) is 0 Å². The molecule has 2 heterocycles. The van der Waals surface area contributed by atoms with E-state index in [1.54, 1.807) is 33.8 Å². The van der Waals surface area contributed by atoms with Crippen molar-refractivity contribution in [3.05, 3.63) is 45.2 Å². The van der Waals surface area contributed by atoms with Gasteiger partial charge in [-0.2, -0.15) is 0 Å². The molecule has 0 amide bonds. The lowest BCUT2D eigenvalue weighted by atomic mass is 9.94. The van der Waals surface area contributed by atoms with Crippen LogP contribution >= 0.6 is 22.9 Å². The first kappa shape index (κ1) is 23.1. The second-order valence-electron chi connectivity index (χ2n) is 7.70. The Balaban J connectivity index is 0.000000537. The Morgan fingerprint density at radius 2 is 1.90 bits per heavy atom. The van der Waals surface area contributed by atoms with E-state index in [1.807, 2.05) is 13.0 Å². The van der Waals surface area contributed by atoms with Crippen molar-refractivity contribution in [2.45, 2.75) is 46.6 Å². The van der Waals surface area contributed by atoms with Crippen molar-refractivity contribution in [1.82, 2.24) is 4.98 Å². The molecule has 0 aliphatic carbocycles. The van der Waals surface area contributed by atoms with Gasteiger partial charge in [-0.1, -0.05) is 17.7 Å². The number of anilines is 1. The van der Waals surface area contributed by atoms with Crippen molar-refractivity contribution in [3.8, 4) is 11.1 Å². The zero-order valence-corrected chi connectivity index (χ0v) is 18.5. The topological polar surface area (TPSA) is 96.4 Å². The Kier molecular flexibility index (Phi) is 6.88. The van der Waals surface area contributed by atoms with Gasteiger partial charge in [0.1, 0.15) is 4.83 Å². The Morgan fingerprint density at radius 1 is 1.31 bits per heavy atom. The van der Waals surface area contributed by atoms with Crippen molar-refractivity contribution < 1.29 is 19.4 Å². The molecule has 0 aliphatic heterocycles. The molecule has 156 valence electrons. The minimum Gasteiger partial charge on any atom is -0.481 e. The Hall–Kier alpha value is -2.22. The molecule has 2 aromatic heterocycles. The summed E-state index contributed by atoms with van der Waals surface area (Å²) >= 11 is 7.68. The fourth-order valence-corrected chi connectivity index (χ4v) is 3.96. The first-order valence-electron chi connectivity index (χ1n) is 8.87. The molecule has 0 saturated heterocycles. The molecule has 0 unspecified atom stereocenters. The number of carboxylic acids is 1. The summed E-state index contributed by atoms with van der Waals surface area (Å²) in [7, 11) is 0. The molecule has 5 nitrogen and oxygen atoms in total. The van der Waals surface area contributed by atoms with E-state index in [9.17, 15) is 14.3 Å². The van der Waals surface area contributed by atoms with Gasteiger partial charge in [-0.25, -0.2) is 9.37 Å². The third kappa shape index (κ3) is 5.65. The SMILES string of the molecule is CC(C)(C)O.Cc1cc2c(-c3ccc(N)c(F)c3Cl)c(CC(=O)O)c(C)nc2s1. The number of nitrogens with zero attached hydrogens (tertiary/aromatic N) is 1. The van der Waals surface area contributed by atoms with Crippen molar-refractivity contribution in [1.29, 1.82) is 0 Å². The number of rotatable bonds is 3. The molecule has 1 aromatic carbocycles. The second kappa shape index (κ2) is 8.65. The molecule has 0 fully saturated rings. The summed E-state index contributed by atoms with van der Waals surface area (Å²) in [6.45, 7) is 8.92. The minimum atomic E-state index is -0.987. The zero-order chi connectivity index (χ0) is 22.1. The number of hydrogen-bond acceptors (Lipinski definition) is 5. The molecular weight excluding hydrogens is 415 g/mol. The molecule has 3 aromatic rings. The molecule has 0 spiro atoms. The van der Waals surface area contributed by atoms with Crippen molar-refractivity contribution in [3.63, 3.8) is 0 Å². The van der Waals surface area contributed by atoms with Crippen molar-refractivity contribution in [2.24, 2.45) is 0 Å². The highest BCUT2D eigenvalue weighted by Crippen LogP contribution is 2.41. The lowest BCUT2D eigenvalue weighted by Gasteiger charge is -2.15. The van der Waals surface area contributed by atoms with Crippen LogP contribution in [-0.4, -0.2) is 26.8 Å². The number of hydrogen-bond donors (Lipinski definition) is 3. The van der Waals surface area contributed by atoms with E-state index in [0.29, 0.717) is 22.4 Å². The molecule has 0 saturated carbocycles. The van der Waals surface area contributed by atoms with Gasteiger partial charge < -0.3 is 15.9 Å². The predicted octanol–water partition coefficient (Wildman–Crippen LogP) is 5.36. The molecule has 4 N–H and O–H groups in total. The molecule has 8 heteroatoms. The first-order valence-corrected chi connectivity index (χ1v) is 10.1. The Labute approximate surface area is 178 Å². The molecule has 0 aliphatic rings. The van der Waals surface area contributed by atoms with Gasteiger partial charge in [0.05, 0.1) is 22.7 Å². The van der Waals surface area contributed by atoms with Crippen LogP contribution in [0.4, 0.5) is 10.1 Å². The van der Waals surface area contributed by atoms with Crippen LogP contribution in [0.1, 0.15) is 36.9 Å². The summed E-state index contributed by atoms with van der Waals surface area (Å²) in [4.78, 5) is 17.6. The summed E-state index contributed by atoms with van der Waals surface area (Å²) in [6, 6.07) is 4.97. The zero-order valence-electron chi connectivity index (χ0n) is 16.9. The largest absolute Gasteiger partial charge is 0.481 e. The quantitative estimate of drug-likeness (QED) is 0.478. The van der Waals surface area contributed by atoms with Crippen LogP contribution in [0.5, 0.6) is 0 Å². The number of aryl methyl sites for hydroxylation is 2. The van der Waals surface area contributed by atoms with Gasteiger partial charge in [-0.05, 0) is 57.9 Å². The van der Waals surface area contributed by atoms with Crippen LogP contribution in [-0.2, 0) is 11.2 Å².